The van der Waals surface area contributed by atoms with E-state index >= 15 is 0 Å². The fourth-order valence-corrected chi connectivity index (χ4v) is 1.65. The minimum Gasteiger partial charge on any atom is -0.338 e. The predicted octanol–water partition coefficient (Wildman–Crippen LogP) is 3.07. The molecule has 2 aromatic rings. The number of hydrogen-bond acceptors (Lipinski definition) is 4. The lowest BCUT2D eigenvalue weighted by Crippen LogP contribution is -2.35. The Morgan fingerprint density at radius 1 is 1.32 bits per heavy atom. The van der Waals surface area contributed by atoms with Crippen LogP contribution in [-0.4, -0.2) is 15.7 Å². The first-order chi connectivity index (χ1) is 8.85. The Balaban J connectivity index is 2.16. The molecule has 0 aliphatic rings. The van der Waals surface area contributed by atoms with Gasteiger partial charge in [0.2, 0.25) is 11.7 Å². The van der Waals surface area contributed by atoms with Crippen LogP contribution in [0.4, 0.5) is 4.39 Å². The minimum atomic E-state index is -0.264. The van der Waals surface area contributed by atoms with E-state index in [2.05, 4.69) is 36.2 Å². The molecule has 102 valence electrons. The van der Waals surface area contributed by atoms with E-state index in [4.69, 9.17) is 4.52 Å². The molecule has 2 rings (SSSR count). The largest absolute Gasteiger partial charge is 0.338 e. The maximum Gasteiger partial charge on any atom is 0.240 e. The lowest BCUT2D eigenvalue weighted by Gasteiger charge is -2.18. The first-order valence-electron chi connectivity index (χ1n) is 6.19. The summed E-state index contributed by atoms with van der Waals surface area (Å²) in [4.78, 5) is 4.31. The number of benzene rings is 1. The fraction of sp³-hybridized carbons (Fsp3) is 0.429. The highest BCUT2D eigenvalue weighted by atomic mass is 19.1. The van der Waals surface area contributed by atoms with Gasteiger partial charge >= 0.3 is 0 Å². The third kappa shape index (κ3) is 3.61. The summed E-state index contributed by atoms with van der Waals surface area (Å²) in [6.45, 7) is 8.52. The molecule has 0 atom stereocenters. The number of rotatable bonds is 3. The van der Waals surface area contributed by atoms with Gasteiger partial charge in [-0.1, -0.05) is 5.16 Å². The van der Waals surface area contributed by atoms with Crippen molar-refractivity contribution in [2.75, 3.05) is 0 Å². The van der Waals surface area contributed by atoms with Gasteiger partial charge in [0.25, 0.3) is 0 Å². The Kier molecular flexibility index (Phi) is 3.66. The average molecular weight is 263 g/mol. The zero-order chi connectivity index (χ0) is 14.0. The summed E-state index contributed by atoms with van der Waals surface area (Å²) in [6.07, 6.45) is 0. The molecule has 4 nitrogen and oxygen atoms in total. The van der Waals surface area contributed by atoms with Crippen LogP contribution in [0.5, 0.6) is 0 Å². The summed E-state index contributed by atoms with van der Waals surface area (Å²) in [5.41, 5.74) is 1.56. The molecule has 0 saturated heterocycles. The van der Waals surface area contributed by atoms with Gasteiger partial charge in [-0.15, -0.1) is 0 Å². The van der Waals surface area contributed by atoms with Gasteiger partial charge in [0.15, 0.2) is 0 Å². The van der Waals surface area contributed by atoms with Crippen LogP contribution in [0, 0.1) is 12.7 Å². The Bertz CT molecular complexity index is 572. The smallest absolute Gasteiger partial charge is 0.240 e. The highest BCUT2D eigenvalue weighted by molar-refractivity contribution is 5.59. The van der Waals surface area contributed by atoms with E-state index in [1.54, 1.807) is 6.07 Å². The number of halogens is 1. The topological polar surface area (TPSA) is 51.0 Å². The summed E-state index contributed by atoms with van der Waals surface area (Å²) < 4.78 is 18.2. The number of nitrogens with one attached hydrogen (secondary N) is 1. The van der Waals surface area contributed by atoms with Crippen LogP contribution in [0.1, 0.15) is 32.2 Å². The standard InChI is InChI=1S/C14H18FN3O/c1-9-7-10(15)5-6-11(9)13-17-12(19-18-13)8-16-14(2,3)4/h5-7,16H,8H2,1-4H3. The van der Waals surface area contributed by atoms with Crippen molar-refractivity contribution in [2.24, 2.45) is 0 Å². The van der Waals surface area contributed by atoms with E-state index in [0.717, 1.165) is 11.1 Å². The third-order valence-corrected chi connectivity index (χ3v) is 2.67. The van der Waals surface area contributed by atoms with Gasteiger partial charge in [-0.3, -0.25) is 0 Å². The molecule has 0 radical (unpaired) electrons. The van der Waals surface area contributed by atoms with Crippen molar-refractivity contribution in [2.45, 2.75) is 39.8 Å². The quantitative estimate of drug-likeness (QED) is 0.924. The van der Waals surface area contributed by atoms with Gasteiger partial charge in [-0.25, -0.2) is 4.39 Å². The Hall–Kier alpha value is -1.75. The summed E-state index contributed by atoms with van der Waals surface area (Å²) in [5, 5.41) is 7.20. The van der Waals surface area contributed by atoms with Crippen LogP contribution < -0.4 is 5.32 Å². The van der Waals surface area contributed by atoms with E-state index < -0.39 is 0 Å². The molecule has 1 aromatic heterocycles. The molecule has 0 aliphatic carbocycles. The van der Waals surface area contributed by atoms with E-state index in [1.165, 1.54) is 12.1 Å². The van der Waals surface area contributed by atoms with Crippen LogP contribution in [-0.2, 0) is 6.54 Å². The molecular formula is C14H18FN3O. The lowest BCUT2D eigenvalue weighted by molar-refractivity contribution is 0.336. The SMILES string of the molecule is Cc1cc(F)ccc1-c1noc(CNC(C)(C)C)n1. The van der Waals surface area contributed by atoms with Crippen LogP contribution >= 0.6 is 0 Å². The Morgan fingerprint density at radius 2 is 2.05 bits per heavy atom. The van der Waals surface area contributed by atoms with Gasteiger partial charge in [0.05, 0.1) is 6.54 Å². The third-order valence-electron chi connectivity index (χ3n) is 2.67. The van der Waals surface area contributed by atoms with E-state index in [1.807, 2.05) is 6.92 Å². The molecule has 0 unspecified atom stereocenters. The van der Waals surface area contributed by atoms with Crippen molar-refractivity contribution in [3.05, 3.63) is 35.5 Å². The molecule has 1 aromatic carbocycles. The second-order valence-electron chi connectivity index (χ2n) is 5.57. The second-order valence-corrected chi connectivity index (χ2v) is 5.57. The van der Waals surface area contributed by atoms with Crippen molar-refractivity contribution in [3.63, 3.8) is 0 Å². The van der Waals surface area contributed by atoms with Crippen LogP contribution in [0.2, 0.25) is 0 Å². The van der Waals surface area contributed by atoms with Gasteiger partial charge in [0, 0.05) is 11.1 Å². The van der Waals surface area contributed by atoms with Crippen molar-refractivity contribution in [1.82, 2.24) is 15.5 Å². The van der Waals surface area contributed by atoms with Gasteiger partial charge in [-0.05, 0) is 51.5 Å². The molecule has 0 bridgehead atoms. The van der Waals surface area contributed by atoms with E-state index in [9.17, 15) is 4.39 Å². The summed E-state index contributed by atoms with van der Waals surface area (Å²) >= 11 is 0. The average Bonchev–Trinajstić information content (AvgIpc) is 2.74. The summed E-state index contributed by atoms with van der Waals surface area (Å²) in [7, 11) is 0. The highest BCUT2D eigenvalue weighted by Gasteiger charge is 2.14. The number of aromatic nitrogens is 2. The molecule has 1 N–H and O–H groups in total. The first-order valence-corrected chi connectivity index (χ1v) is 6.19. The van der Waals surface area contributed by atoms with Crippen molar-refractivity contribution in [3.8, 4) is 11.4 Å². The summed E-state index contributed by atoms with van der Waals surface area (Å²) in [6, 6.07) is 4.51. The first kappa shape index (κ1) is 13.7. The monoisotopic (exact) mass is 263 g/mol. The molecule has 0 spiro atoms. The molecule has 19 heavy (non-hydrogen) atoms. The minimum absolute atomic E-state index is 0.0135. The van der Waals surface area contributed by atoms with Gasteiger partial charge in [-0.2, -0.15) is 4.98 Å². The fourth-order valence-electron chi connectivity index (χ4n) is 1.65. The number of aryl methyl sites for hydroxylation is 1. The molecule has 0 saturated carbocycles. The number of nitrogens with zero attached hydrogens (tertiary/aromatic N) is 2. The van der Waals surface area contributed by atoms with Crippen LogP contribution in [0.3, 0.4) is 0 Å². The normalized spacial score (nSPS) is 11.8. The lowest BCUT2D eigenvalue weighted by atomic mass is 10.1. The van der Waals surface area contributed by atoms with Crippen LogP contribution in [0.15, 0.2) is 22.7 Å². The Labute approximate surface area is 112 Å². The molecule has 0 amide bonds. The zero-order valence-corrected chi connectivity index (χ0v) is 11.6. The maximum absolute atomic E-state index is 13.0. The highest BCUT2D eigenvalue weighted by Crippen LogP contribution is 2.21. The Morgan fingerprint density at radius 3 is 2.68 bits per heavy atom. The van der Waals surface area contributed by atoms with Gasteiger partial charge in [0.1, 0.15) is 5.82 Å². The van der Waals surface area contributed by atoms with E-state index in [-0.39, 0.29) is 11.4 Å². The van der Waals surface area contributed by atoms with Gasteiger partial charge < -0.3 is 9.84 Å². The maximum atomic E-state index is 13.0. The number of hydrogen-bond donors (Lipinski definition) is 1. The van der Waals surface area contributed by atoms with Crippen molar-refractivity contribution in [1.29, 1.82) is 0 Å². The molecular weight excluding hydrogens is 245 g/mol. The summed E-state index contributed by atoms with van der Waals surface area (Å²) in [5.74, 6) is 0.747. The predicted molar refractivity (Wildman–Crippen MR) is 71.0 cm³/mol. The molecule has 5 heteroatoms. The molecule has 0 aliphatic heterocycles. The zero-order valence-electron chi connectivity index (χ0n) is 11.6. The van der Waals surface area contributed by atoms with Crippen molar-refractivity contribution >= 4 is 0 Å². The second kappa shape index (κ2) is 5.09. The van der Waals surface area contributed by atoms with Crippen LogP contribution in [0.25, 0.3) is 11.4 Å². The molecule has 0 fully saturated rings. The molecule has 1 heterocycles. The van der Waals surface area contributed by atoms with Crippen molar-refractivity contribution < 1.29 is 8.91 Å². The van der Waals surface area contributed by atoms with E-state index in [0.29, 0.717) is 18.3 Å².